The molecule has 2 rings (SSSR count). The Kier molecular flexibility index (Phi) is 5.24. The van der Waals surface area contributed by atoms with Gasteiger partial charge >= 0.3 is 0 Å². The number of nitrogens with one attached hydrogen (secondary N) is 1. The molecule has 1 aromatic carbocycles. The fourth-order valence-electron chi connectivity index (χ4n) is 1.95. The Balaban J connectivity index is 2.06. The van der Waals surface area contributed by atoms with Gasteiger partial charge in [-0.1, -0.05) is 24.2 Å². The summed E-state index contributed by atoms with van der Waals surface area (Å²) < 4.78 is 14.0. The van der Waals surface area contributed by atoms with Gasteiger partial charge in [-0.3, -0.25) is 0 Å². The summed E-state index contributed by atoms with van der Waals surface area (Å²) in [7, 11) is 0. The van der Waals surface area contributed by atoms with Crippen molar-refractivity contribution in [3.63, 3.8) is 0 Å². The van der Waals surface area contributed by atoms with E-state index < -0.39 is 0 Å². The topological polar surface area (TPSA) is 83.5 Å². The number of benzene rings is 1. The smallest absolute Gasteiger partial charge is 0.170 e. The van der Waals surface area contributed by atoms with E-state index in [4.69, 9.17) is 10.9 Å². The average Bonchev–Trinajstić information content (AvgIpc) is 3.02. The van der Waals surface area contributed by atoms with Gasteiger partial charge < -0.3 is 16.3 Å². The van der Waals surface area contributed by atoms with Gasteiger partial charge in [-0.05, 0) is 12.5 Å². The first-order chi connectivity index (χ1) is 10.2. The van der Waals surface area contributed by atoms with Crippen LogP contribution >= 0.6 is 11.3 Å². The van der Waals surface area contributed by atoms with Gasteiger partial charge in [-0.15, -0.1) is 11.3 Å². The molecule has 0 amide bonds. The third-order valence-corrected chi connectivity index (χ3v) is 4.04. The molecule has 1 heterocycles. The lowest BCUT2D eigenvalue weighted by Crippen LogP contribution is -2.21. The molecular weight excluding hydrogens is 291 g/mol. The van der Waals surface area contributed by atoms with Gasteiger partial charge in [-0.2, -0.15) is 0 Å². The Bertz CT molecular complexity index is 615. The van der Waals surface area contributed by atoms with Crippen LogP contribution in [-0.4, -0.2) is 16.0 Å². The quantitative estimate of drug-likeness (QED) is 0.331. The van der Waals surface area contributed by atoms with E-state index in [0.717, 1.165) is 11.4 Å². The molecule has 0 bridgehead atoms. The van der Waals surface area contributed by atoms with Crippen molar-refractivity contribution in [3.05, 3.63) is 51.7 Å². The van der Waals surface area contributed by atoms with Crippen LogP contribution < -0.4 is 11.1 Å². The molecule has 2 aromatic rings. The van der Waals surface area contributed by atoms with Crippen molar-refractivity contribution in [2.75, 3.05) is 0 Å². The molecule has 0 saturated heterocycles. The van der Waals surface area contributed by atoms with E-state index in [2.05, 4.69) is 22.4 Å². The molecule has 7 heteroatoms. The maximum atomic E-state index is 14.0. The molecule has 0 spiro atoms. The first-order valence-electron chi connectivity index (χ1n) is 6.54. The highest BCUT2D eigenvalue weighted by atomic mass is 32.1. The second-order valence-corrected chi connectivity index (χ2v) is 5.43. The van der Waals surface area contributed by atoms with Crippen LogP contribution in [-0.2, 0) is 6.54 Å². The summed E-state index contributed by atoms with van der Waals surface area (Å²) in [6.07, 6.45) is 2.63. The van der Waals surface area contributed by atoms with E-state index in [0.29, 0.717) is 17.7 Å². The summed E-state index contributed by atoms with van der Waals surface area (Å²) in [6, 6.07) is 4.62. The molecule has 0 aliphatic rings. The largest absolute Gasteiger partial charge is 0.409 e. The molecule has 0 aliphatic heterocycles. The van der Waals surface area contributed by atoms with Crippen LogP contribution in [0.5, 0.6) is 0 Å². The minimum absolute atomic E-state index is 0.105. The van der Waals surface area contributed by atoms with Crippen molar-refractivity contribution in [2.24, 2.45) is 10.9 Å². The lowest BCUT2D eigenvalue weighted by atomic mass is 10.1. The first-order valence-corrected chi connectivity index (χ1v) is 7.42. The third-order valence-electron chi connectivity index (χ3n) is 3.15. The number of nitrogens with zero attached hydrogens (tertiary/aromatic N) is 2. The van der Waals surface area contributed by atoms with Gasteiger partial charge in [0.25, 0.3) is 0 Å². The van der Waals surface area contributed by atoms with Gasteiger partial charge in [-0.25, -0.2) is 9.37 Å². The SMILES string of the molecule is CCC(NCc1ccc(C(N)=NO)cc1F)c1nccs1. The molecule has 0 saturated carbocycles. The van der Waals surface area contributed by atoms with Gasteiger partial charge in [0.1, 0.15) is 10.8 Å². The highest BCUT2D eigenvalue weighted by molar-refractivity contribution is 7.09. The molecule has 5 nitrogen and oxygen atoms in total. The van der Waals surface area contributed by atoms with Gasteiger partial charge in [0.05, 0.1) is 6.04 Å². The number of hydrogen-bond donors (Lipinski definition) is 3. The maximum Gasteiger partial charge on any atom is 0.170 e. The molecule has 0 radical (unpaired) electrons. The molecule has 21 heavy (non-hydrogen) atoms. The van der Waals surface area contributed by atoms with Crippen molar-refractivity contribution < 1.29 is 9.60 Å². The van der Waals surface area contributed by atoms with Crippen LogP contribution in [0, 0.1) is 5.82 Å². The van der Waals surface area contributed by atoms with Crippen molar-refractivity contribution in [1.82, 2.24) is 10.3 Å². The van der Waals surface area contributed by atoms with E-state index >= 15 is 0 Å². The molecule has 4 N–H and O–H groups in total. The minimum Gasteiger partial charge on any atom is -0.409 e. The monoisotopic (exact) mass is 308 g/mol. The summed E-state index contributed by atoms with van der Waals surface area (Å²) in [5.74, 6) is -0.497. The highest BCUT2D eigenvalue weighted by Gasteiger charge is 2.13. The lowest BCUT2D eigenvalue weighted by Gasteiger charge is -2.15. The highest BCUT2D eigenvalue weighted by Crippen LogP contribution is 2.20. The zero-order chi connectivity index (χ0) is 15.2. The summed E-state index contributed by atoms with van der Waals surface area (Å²) >= 11 is 1.58. The third kappa shape index (κ3) is 3.77. The number of nitrogens with two attached hydrogens (primary N) is 1. The Labute approximate surface area is 126 Å². The van der Waals surface area contributed by atoms with E-state index in [1.54, 1.807) is 29.7 Å². The number of oxime groups is 1. The standard InChI is InChI=1S/C14H17FN4OS/c1-2-12(14-17-5-6-21-14)18-8-10-4-3-9(7-11(10)15)13(16)19-20/h3-7,12,18,20H,2,8H2,1H3,(H2,16,19). The Morgan fingerprint density at radius 2 is 2.38 bits per heavy atom. The summed E-state index contributed by atoms with van der Waals surface area (Å²) in [5.41, 5.74) is 6.31. The number of rotatable bonds is 6. The van der Waals surface area contributed by atoms with E-state index in [-0.39, 0.29) is 17.7 Å². The second kappa shape index (κ2) is 7.14. The van der Waals surface area contributed by atoms with Gasteiger partial charge in [0.15, 0.2) is 5.84 Å². The van der Waals surface area contributed by atoms with Gasteiger partial charge in [0, 0.05) is 29.2 Å². The van der Waals surface area contributed by atoms with E-state index in [1.165, 1.54) is 6.07 Å². The predicted molar refractivity (Wildman–Crippen MR) is 80.9 cm³/mol. The summed E-state index contributed by atoms with van der Waals surface area (Å²) in [5, 5.41) is 17.6. The molecule has 1 atom stereocenters. The van der Waals surface area contributed by atoms with Gasteiger partial charge in [0.2, 0.25) is 0 Å². The maximum absolute atomic E-state index is 14.0. The van der Waals surface area contributed by atoms with Crippen molar-refractivity contribution in [1.29, 1.82) is 0 Å². The predicted octanol–water partition coefficient (Wildman–Crippen LogP) is 2.62. The second-order valence-electron chi connectivity index (χ2n) is 4.50. The van der Waals surface area contributed by atoms with Crippen LogP contribution in [0.2, 0.25) is 0 Å². The fraction of sp³-hybridized carbons (Fsp3) is 0.286. The van der Waals surface area contributed by atoms with Crippen molar-refractivity contribution in [3.8, 4) is 0 Å². The van der Waals surface area contributed by atoms with E-state index in [1.807, 2.05) is 5.38 Å². The van der Waals surface area contributed by atoms with Crippen LogP contribution in [0.15, 0.2) is 34.9 Å². The molecular formula is C14H17FN4OS. The number of aromatic nitrogens is 1. The Morgan fingerprint density at radius 1 is 1.57 bits per heavy atom. The van der Waals surface area contributed by atoms with Crippen LogP contribution in [0.1, 0.15) is 35.5 Å². The molecule has 1 unspecified atom stereocenters. The van der Waals surface area contributed by atoms with Crippen molar-refractivity contribution in [2.45, 2.75) is 25.9 Å². The molecule has 0 aliphatic carbocycles. The fourth-order valence-corrected chi connectivity index (χ4v) is 2.75. The van der Waals surface area contributed by atoms with E-state index in [9.17, 15) is 4.39 Å². The van der Waals surface area contributed by atoms with Crippen molar-refractivity contribution >= 4 is 17.2 Å². The average molecular weight is 308 g/mol. The minimum atomic E-state index is -0.388. The van der Waals surface area contributed by atoms with Crippen LogP contribution in [0.25, 0.3) is 0 Å². The Hall–Kier alpha value is -1.99. The number of halogens is 1. The number of thiazole rings is 1. The normalized spacial score (nSPS) is 13.3. The number of hydrogen-bond acceptors (Lipinski definition) is 5. The van der Waals surface area contributed by atoms with Crippen LogP contribution in [0.3, 0.4) is 0 Å². The molecule has 112 valence electrons. The zero-order valence-corrected chi connectivity index (χ0v) is 12.4. The molecule has 0 fully saturated rings. The molecule has 1 aromatic heterocycles. The zero-order valence-electron chi connectivity index (χ0n) is 11.6. The lowest BCUT2D eigenvalue weighted by molar-refractivity contribution is 0.318. The first kappa shape index (κ1) is 15.4. The number of amidine groups is 1. The Morgan fingerprint density at radius 3 is 2.95 bits per heavy atom. The van der Waals surface area contributed by atoms with Crippen LogP contribution in [0.4, 0.5) is 4.39 Å². The summed E-state index contributed by atoms with van der Waals surface area (Å²) in [4.78, 5) is 4.27. The summed E-state index contributed by atoms with van der Waals surface area (Å²) in [6.45, 7) is 2.44.